The highest BCUT2D eigenvalue weighted by molar-refractivity contribution is 5.90. The normalized spacial score (nSPS) is 21.7. The van der Waals surface area contributed by atoms with Crippen LogP contribution in [-0.2, 0) is 9.59 Å². The molecule has 4 nitrogen and oxygen atoms in total. The average molecular weight is 292 g/mol. The van der Waals surface area contributed by atoms with Crippen LogP contribution in [0.1, 0.15) is 37.8 Å². The zero-order valence-corrected chi connectivity index (χ0v) is 12.4. The minimum absolute atomic E-state index is 0.0834. The van der Waals surface area contributed by atoms with E-state index >= 15 is 0 Å². The van der Waals surface area contributed by atoms with Gasteiger partial charge in [-0.3, -0.25) is 9.59 Å². The summed E-state index contributed by atoms with van der Waals surface area (Å²) < 4.78 is 13.4. The summed E-state index contributed by atoms with van der Waals surface area (Å²) in [4.78, 5) is 25.8. The van der Waals surface area contributed by atoms with E-state index in [0.717, 1.165) is 12.8 Å². The summed E-state index contributed by atoms with van der Waals surface area (Å²) in [5.74, 6) is -1.03. The molecule has 2 amide bonds. The van der Waals surface area contributed by atoms with Gasteiger partial charge in [-0.1, -0.05) is 25.5 Å². The number of benzene rings is 1. The number of nitrogens with one attached hydrogen (secondary N) is 1. The standard InChI is InChI=1S/C16H21FN2O2/c1-3-4-8-18-16(21)13-10-14(20)19(2)15(13)11-6-5-7-12(17)9-11/h5-7,9,13,15H,3-4,8,10H2,1-2H3,(H,18,21)/t13-,15+/m1/s1. The molecule has 0 aromatic heterocycles. The predicted octanol–water partition coefficient (Wildman–Crippen LogP) is 2.26. The molecule has 21 heavy (non-hydrogen) atoms. The third-order valence-electron chi connectivity index (χ3n) is 3.94. The summed E-state index contributed by atoms with van der Waals surface area (Å²) in [6, 6.07) is 5.72. The van der Waals surface area contributed by atoms with E-state index in [-0.39, 0.29) is 24.1 Å². The predicted molar refractivity (Wildman–Crippen MR) is 77.9 cm³/mol. The van der Waals surface area contributed by atoms with Crippen molar-refractivity contribution in [2.24, 2.45) is 5.92 Å². The lowest BCUT2D eigenvalue weighted by Gasteiger charge is -2.25. The third-order valence-corrected chi connectivity index (χ3v) is 3.94. The van der Waals surface area contributed by atoms with Crippen LogP contribution in [0.3, 0.4) is 0 Å². The van der Waals surface area contributed by atoms with Gasteiger partial charge in [0.05, 0.1) is 12.0 Å². The Kier molecular flexibility index (Phi) is 4.94. The SMILES string of the molecule is CCCCNC(=O)[C@@H]1CC(=O)N(C)[C@H]1c1cccc(F)c1. The van der Waals surface area contributed by atoms with E-state index in [0.29, 0.717) is 12.1 Å². The molecular formula is C16H21FN2O2. The van der Waals surface area contributed by atoms with E-state index in [1.165, 1.54) is 12.1 Å². The Bertz CT molecular complexity index is 533. The van der Waals surface area contributed by atoms with Crippen LogP contribution in [0, 0.1) is 11.7 Å². The smallest absolute Gasteiger partial charge is 0.226 e. The Morgan fingerprint density at radius 3 is 2.90 bits per heavy atom. The minimum Gasteiger partial charge on any atom is -0.356 e. The van der Waals surface area contributed by atoms with Crippen LogP contribution in [0.25, 0.3) is 0 Å². The Balaban J connectivity index is 2.19. The van der Waals surface area contributed by atoms with Gasteiger partial charge >= 0.3 is 0 Å². The van der Waals surface area contributed by atoms with Crippen LogP contribution in [0.4, 0.5) is 4.39 Å². The molecule has 5 heteroatoms. The second-order valence-electron chi connectivity index (χ2n) is 5.46. The van der Waals surface area contributed by atoms with Crippen LogP contribution >= 0.6 is 0 Å². The van der Waals surface area contributed by atoms with Gasteiger partial charge in [-0.15, -0.1) is 0 Å². The van der Waals surface area contributed by atoms with Gasteiger partial charge in [0.1, 0.15) is 5.82 Å². The summed E-state index contributed by atoms with van der Waals surface area (Å²) in [5, 5.41) is 2.87. The quantitative estimate of drug-likeness (QED) is 0.846. The van der Waals surface area contributed by atoms with E-state index in [4.69, 9.17) is 0 Å². The third kappa shape index (κ3) is 3.40. The van der Waals surface area contributed by atoms with Crippen LogP contribution < -0.4 is 5.32 Å². The number of nitrogens with zero attached hydrogens (tertiary/aromatic N) is 1. The van der Waals surface area contributed by atoms with E-state index in [1.807, 2.05) is 0 Å². The van der Waals surface area contributed by atoms with Crippen molar-refractivity contribution in [2.75, 3.05) is 13.6 Å². The molecule has 0 radical (unpaired) electrons. The second kappa shape index (κ2) is 6.70. The molecule has 1 aromatic rings. The van der Waals surface area contributed by atoms with Gasteiger partial charge in [-0.25, -0.2) is 4.39 Å². The van der Waals surface area contributed by atoms with Gasteiger partial charge < -0.3 is 10.2 Å². The number of rotatable bonds is 5. The molecule has 0 aliphatic carbocycles. The largest absolute Gasteiger partial charge is 0.356 e. The first kappa shape index (κ1) is 15.5. The molecule has 1 N–H and O–H groups in total. The number of unbranched alkanes of at least 4 members (excludes halogenated alkanes) is 1. The van der Waals surface area contributed by atoms with E-state index in [2.05, 4.69) is 12.2 Å². The van der Waals surface area contributed by atoms with Gasteiger partial charge in [-0.2, -0.15) is 0 Å². The maximum atomic E-state index is 13.4. The van der Waals surface area contributed by atoms with E-state index in [9.17, 15) is 14.0 Å². The Labute approximate surface area is 124 Å². The highest BCUT2D eigenvalue weighted by Gasteiger charge is 2.42. The van der Waals surface area contributed by atoms with Gasteiger partial charge in [0.2, 0.25) is 11.8 Å². The van der Waals surface area contributed by atoms with Crippen molar-refractivity contribution >= 4 is 11.8 Å². The van der Waals surface area contributed by atoms with Crippen molar-refractivity contribution in [3.05, 3.63) is 35.6 Å². The Morgan fingerprint density at radius 1 is 1.48 bits per heavy atom. The molecule has 114 valence electrons. The number of hydrogen-bond acceptors (Lipinski definition) is 2. The Hall–Kier alpha value is -1.91. The van der Waals surface area contributed by atoms with E-state index in [1.54, 1.807) is 24.1 Å². The fourth-order valence-corrected chi connectivity index (χ4v) is 2.77. The maximum absolute atomic E-state index is 13.4. The number of likely N-dealkylation sites (tertiary alicyclic amines) is 1. The molecule has 1 fully saturated rings. The lowest BCUT2D eigenvalue weighted by atomic mass is 9.93. The van der Waals surface area contributed by atoms with Crippen molar-refractivity contribution in [1.82, 2.24) is 10.2 Å². The van der Waals surface area contributed by atoms with Crippen molar-refractivity contribution in [3.8, 4) is 0 Å². The summed E-state index contributed by atoms with van der Waals surface area (Å²) >= 11 is 0. The molecule has 2 rings (SSSR count). The monoisotopic (exact) mass is 292 g/mol. The van der Waals surface area contributed by atoms with Gasteiger partial charge in [-0.05, 0) is 24.1 Å². The van der Waals surface area contributed by atoms with Crippen molar-refractivity contribution in [3.63, 3.8) is 0 Å². The van der Waals surface area contributed by atoms with Crippen LogP contribution in [0.5, 0.6) is 0 Å². The van der Waals surface area contributed by atoms with Crippen LogP contribution in [0.2, 0.25) is 0 Å². The number of hydrogen-bond donors (Lipinski definition) is 1. The maximum Gasteiger partial charge on any atom is 0.226 e. The first-order valence-corrected chi connectivity index (χ1v) is 7.33. The summed E-state index contributed by atoms with van der Waals surface area (Å²) in [6.45, 7) is 2.66. The molecule has 0 spiro atoms. The number of carbonyl (C=O) groups is 2. The number of halogens is 1. The molecular weight excluding hydrogens is 271 g/mol. The molecule has 0 bridgehead atoms. The lowest BCUT2D eigenvalue weighted by Crippen LogP contribution is -2.35. The zero-order valence-electron chi connectivity index (χ0n) is 12.4. The summed E-state index contributed by atoms with van der Waals surface area (Å²) in [6.07, 6.45) is 2.08. The molecule has 1 aliphatic rings. The highest BCUT2D eigenvalue weighted by Crippen LogP contribution is 2.37. The minimum atomic E-state index is -0.457. The molecule has 1 aliphatic heterocycles. The lowest BCUT2D eigenvalue weighted by molar-refractivity contribution is -0.128. The fourth-order valence-electron chi connectivity index (χ4n) is 2.77. The first-order valence-electron chi connectivity index (χ1n) is 7.33. The second-order valence-corrected chi connectivity index (χ2v) is 5.46. The van der Waals surface area contributed by atoms with Crippen LogP contribution in [0.15, 0.2) is 24.3 Å². The number of carbonyl (C=O) groups excluding carboxylic acids is 2. The van der Waals surface area contributed by atoms with Crippen molar-refractivity contribution < 1.29 is 14.0 Å². The first-order chi connectivity index (χ1) is 10.0. The fraction of sp³-hybridized carbons (Fsp3) is 0.500. The molecule has 1 aromatic carbocycles. The molecule has 0 saturated carbocycles. The van der Waals surface area contributed by atoms with Gasteiger partial charge in [0.15, 0.2) is 0 Å². The van der Waals surface area contributed by atoms with Gasteiger partial charge in [0.25, 0.3) is 0 Å². The number of amides is 2. The van der Waals surface area contributed by atoms with Crippen LogP contribution in [-0.4, -0.2) is 30.3 Å². The zero-order chi connectivity index (χ0) is 15.4. The highest BCUT2D eigenvalue weighted by atomic mass is 19.1. The van der Waals surface area contributed by atoms with Gasteiger partial charge in [0, 0.05) is 20.0 Å². The van der Waals surface area contributed by atoms with E-state index < -0.39 is 12.0 Å². The average Bonchev–Trinajstić information content (AvgIpc) is 2.75. The Morgan fingerprint density at radius 2 is 2.24 bits per heavy atom. The molecule has 1 saturated heterocycles. The molecule has 2 atom stereocenters. The van der Waals surface area contributed by atoms with Crippen molar-refractivity contribution in [2.45, 2.75) is 32.2 Å². The topological polar surface area (TPSA) is 49.4 Å². The summed E-state index contributed by atoms with van der Waals surface area (Å²) in [5.41, 5.74) is 0.666. The molecule has 0 unspecified atom stereocenters. The molecule has 1 heterocycles. The summed E-state index contributed by atoms with van der Waals surface area (Å²) in [7, 11) is 1.66. The van der Waals surface area contributed by atoms with Crippen molar-refractivity contribution in [1.29, 1.82) is 0 Å².